The van der Waals surface area contributed by atoms with Crippen LogP contribution in [0.3, 0.4) is 0 Å². The molecule has 2 heterocycles. The van der Waals surface area contributed by atoms with E-state index in [1.165, 1.54) is 23.1 Å². The van der Waals surface area contributed by atoms with Gasteiger partial charge >= 0.3 is 0 Å². The number of ether oxygens (including phenoxy) is 1. The molecule has 0 bridgehead atoms. The number of methoxy groups -OCH3 is 1. The van der Waals surface area contributed by atoms with Gasteiger partial charge in [0.05, 0.1) is 18.6 Å². The highest BCUT2D eigenvalue weighted by atomic mass is 79.9. The topological polar surface area (TPSA) is 81.9 Å². The molecule has 0 unspecified atom stereocenters. The van der Waals surface area contributed by atoms with Gasteiger partial charge in [-0.15, -0.1) is 21.5 Å². The Bertz CT molecular complexity index is 1220. The van der Waals surface area contributed by atoms with Gasteiger partial charge in [0.2, 0.25) is 5.91 Å². The van der Waals surface area contributed by atoms with Crippen LogP contribution in [0.1, 0.15) is 18.3 Å². The molecule has 0 aliphatic heterocycles. The first-order chi connectivity index (χ1) is 16.1. The zero-order chi connectivity index (χ0) is 23.2. The van der Waals surface area contributed by atoms with Gasteiger partial charge < -0.3 is 14.6 Å². The molecule has 0 saturated carbocycles. The van der Waals surface area contributed by atoms with Crippen LogP contribution < -0.4 is 10.1 Å². The van der Waals surface area contributed by atoms with E-state index in [-0.39, 0.29) is 11.7 Å². The summed E-state index contributed by atoms with van der Waals surface area (Å²) in [7, 11) is 1.65. The van der Waals surface area contributed by atoms with Gasteiger partial charge in [0.25, 0.3) is 0 Å². The van der Waals surface area contributed by atoms with Crippen molar-refractivity contribution in [3.63, 3.8) is 0 Å². The first-order valence-corrected chi connectivity index (χ1v) is 12.9. The van der Waals surface area contributed by atoms with Crippen molar-refractivity contribution in [2.24, 2.45) is 0 Å². The van der Waals surface area contributed by atoms with Crippen LogP contribution in [0.4, 0.5) is 5.13 Å². The summed E-state index contributed by atoms with van der Waals surface area (Å²) in [6.45, 7) is 2.77. The molecule has 2 aromatic carbocycles. The molecule has 0 aliphatic rings. The highest BCUT2D eigenvalue weighted by molar-refractivity contribution is 9.10. The van der Waals surface area contributed by atoms with E-state index in [0.717, 1.165) is 44.6 Å². The zero-order valence-electron chi connectivity index (χ0n) is 18.1. The molecule has 0 aliphatic carbocycles. The Morgan fingerprint density at radius 2 is 1.91 bits per heavy atom. The minimum Gasteiger partial charge on any atom is -0.497 e. The van der Waals surface area contributed by atoms with Crippen LogP contribution in [-0.4, -0.2) is 38.5 Å². The van der Waals surface area contributed by atoms with Crippen molar-refractivity contribution in [1.82, 2.24) is 19.7 Å². The number of thiazole rings is 1. The number of halogens is 1. The molecule has 0 atom stereocenters. The van der Waals surface area contributed by atoms with Crippen LogP contribution >= 0.6 is 39.0 Å². The number of anilines is 1. The van der Waals surface area contributed by atoms with Gasteiger partial charge in [0.15, 0.2) is 10.3 Å². The van der Waals surface area contributed by atoms with Crippen LogP contribution in [0.25, 0.3) is 11.3 Å². The van der Waals surface area contributed by atoms with Crippen LogP contribution in [0, 0.1) is 0 Å². The van der Waals surface area contributed by atoms with Gasteiger partial charge in [0.1, 0.15) is 11.6 Å². The van der Waals surface area contributed by atoms with E-state index in [0.29, 0.717) is 11.6 Å². The SMILES string of the molecule is CCn1c(Cc2ccc(OC)cc2)nnc1SCC(=O)Nc1nc(-c2ccc(Br)cc2)cs1. The van der Waals surface area contributed by atoms with E-state index in [9.17, 15) is 4.79 Å². The Kier molecular flexibility index (Phi) is 7.79. The molecular weight excluding hydrogens is 522 g/mol. The molecule has 0 saturated heterocycles. The summed E-state index contributed by atoms with van der Waals surface area (Å²) < 4.78 is 8.27. The number of benzene rings is 2. The number of hydrogen-bond donors (Lipinski definition) is 1. The van der Waals surface area contributed by atoms with E-state index in [4.69, 9.17) is 4.74 Å². The minimum absolute atomic E-state index is 0.126. The Labute approximate surface area is 208 Å². The third-order valence-corrected chi connectivity index (χ3v) is 7.11. The molecule has 2 aromatic heterocycles. The summed E-state index contributed by atoms with van der Waals surface area (Å²) in [4.78, 5) is 17.0. The lowest BCUT2D eigenvalue weighted by Crippen LogP contribution is -2.14. The number of carbonyl (C=O) groups is 1. The largest absolute Gasteiger partial charge is 0.497 e. The van der Waals surface area contributed by atoms with Crippen molar-refractivity contribution in [3.05, 3.63) is 69.8 Å². The summed E-state index contributed by atoms with van der Waals surface area (Å²) in [5, 5.41) is 14.8. The zero-order valence-corrected chi connectivity index (χ0v) is 21.3. The summed E-state index contributed by atoms with van der Waals surface area (Å²) in [5.41, 5.74) is 2.96. The van der Waals surface area contributed by atoms with Gasteiger partial charge in [0, 0.05) is 28.4 Å². The molecule has 33 heavy (non-hydrogen) atoms. The maximum atomic E-state index is 12.5. The number of amides is 1. The highest BCUT2D eigenvalue weighted by Crippen LogP contribution is 2.26. The molecule has 1 N–H and O–H groups in total. The fourth-order valence-corrected chi connectivity index (χ4v) is 4.99. The maximum Gasteiger partial charge on any atom is 0.236 e. The monoisotopic (exact) mass is 543 g/mol. The molecular formula is C23H22BrN5O2S2. The Balaban J connectivity index is 1.35. The van der Waals surface area contributed by atoms with E-state index in [2.05, 4.69) is 36.4 Å². The predicted molar refractivity (Wildman–Crippen MR) is 136 cm³/mol. The number of thioether (sulfide) groups is 1. The Hall–Kier alpha value is -2.69. The number of rotatable bonds is 9. The van der Waals surface area contributed by atoms with Crippen LogP contribution in [0.15, 0.2) is 63.5 Å². The molecule has 1 amide bonds. The molecule has 10 heteroatoms. The lowest BCUT2D eigenvalue weighted by Gasteiger charge is -2.08. The number of nitrogens with zero attached hydrogens (tertiary/aromatic N) is 4. The normalized spacial score (nSPS) is 10.9. The van der Waals surface area contributed by atoms with Gasteiger partial charge in [-0.25, -0.2) is 4.98 Å². The van der Waals surface area contributed by atoms with Crippen molar-refractivity contribution < 1.29 is 9.53 Å². The molecule has 4 aromatic rings. The summed E-state index contributed by atoms with van der Waals surface area (Å²) >= 11 is 6.21. The van der Waals surface area contributed by atoms with Crippen molar-refractivity contribution in [1.29, 1.82) is 0 Å². The third kappa shape index (κ3) is 6.01. The summed E-state index contributed by atoms with van der Waals surface area (Å²) in [6.07, 6.45) is 0.662. The predicted octanol–water partition coefficient (Wildman–Crippen LogP) is 5.51. The van der Waals surface area contributed by atoms with E-state index >= 15 is 0 Å². The van der Waals surface area contributed by atoms with E-state index < -0.39 is 0 Å². The molecule has 0 fully saturated rings. The van der Waals surface area contributed by atoms with Gasteiger partial charge in [-0.2, -0.15) is 0 Å². The summed E-state index contributed by atoms with van der Waals surface area (Å²) in [5.74, 6) is 1.79. The number of aromatic nitrogens is 4. The lowest BCUT2D eigenvalue weighted by molar-refractivity contribution is -0.113. The smallest absolute Gasteiger partial charge is 0.236 e. The quantitative estimate of drug-likeness (QED) is 0.280. The molecule has 7 nitrogen and oxygen atoms in total. The fourth-order valence-electron chi connectivity index (χ4n) is 3.17. The lowest BCUT2D eigenvalue weighted by atomic mass is 10.1. The van der Waals surface area contributed by atoms with E-state index in [1.807, 2.05) is 65.4 Å². The second kappa shape index (κ2) is 11.0. The van der Waals surface area contributed by atoms with Crippen LogP contribution in [0.5, 0.6) is 5.75 Å². The molecule has 170 valence electrons. The van der Waals surface area contributed by atoms with Crippen molar-refractivity contribution >= 4 is 50.1 Å². The number of carbonyl (C=O) groups excluding carboxylic acids is 1. The Morgan fingerprint density at radius 3 is 2.61 bits per heavy atom. The van der Waals surface area contributed by atoms with Gasteiger partial charge in [-0.3, -0.25) is 4.79 Å². The molecule has 4 rings (SSSR count). The Morgan fingerprint density at radius 1 is 1.15 bits per heavy atom. The van der Waals surface area contributed by atoms with Crippen molar-refractivity contribution in [3.8, 4) is 17.0 Å². The van der Waals surface area contributed by atoms with Crippen LogP contribution in [-0.2, 0) is 17.8 Å². The number of hydrogen-bond acceptors (Lipinski definition) is 7. The highest BCUT2D eigenvalue weighted by Gasteiger charge is 2.15. The van der Waals surface area contributed by atoms with Crippen LogP contribution in [0.2, 0.25) is 0 Å². The fraction of sp³-hybridized carbons (Fsp3) is 0.217. The molecule has 0 radical (unpaired) electrons. The third-order valence-electron chi connectivity index (χ3n) is 4.85. The van der Waals surface area contributed by atoms with Crippen molar-refractivity contribution in [2.75, 3.05) is 18.2 Å². The second-order valence-corrected chi connectivity index (χ2v) is 9.77. The van der Waals surface area contributed by atoms with Gasteiger partial charge in [-0.1, -0.05) is 52.0 Å². The number of nitrogens with one attached hydrogen (secondary N) is 1. The minimum atomic E-state index is -0.126. The van der Waals surface area contributed by atoms with Crippen molar-refractivity contribution in [2.45, 2.75) is 25.0 Å². The average molecular weight is 545 g/mol. The maximum absolute atomic E-state index is 12.5. The average Bonchev–Trinajstić information content (AvgIpc) is 3.45. The van der Waals surface area contributed by atoms with E-state index in [1.54, 1.807) is 7.11 Å². The second-order valence-electron chi connectivity index (χ2n) is 7.05. The first-order valence-electron chi connectivity index (χ1n) is 10.2. The molecule has 0 spiro atoms. The standard InChI is InChI=1S/C23H22BrN5O2S2/c1-3-29-20(12-15-4-10-18(31-2)11-5-15)27-28-23(29)33-14-21(30)26-22-25-19(13-32-22)16-6-8-17(24)9-7-16/h4-11,13H,3,12,14H2,1-2H3,(H,25,26,30). The first kappa shape index (κ1) is 23.5. The summed E-state index contributed by atoms with van der Waals surface area (Å²) in [6, 6.07) is 15.8. The van der Waals surface area contributed by atoms with Gasteiger partial charge in [-0.05, 0) is 36.8 Å².